The van der Waals surface area contributed by atoms with E-state index in [2.05, 4.69) is 4.72 Å². The number of nitrogen functional groups attached to an aromatic ring is 1. The van der Waals surface area contributed by atoms with Gasteiger partial charge in [-0.05, 0) is 44.0 Å². The standard InChI is InChI=1S/C14H22N2O4S/c1-9-6-12(7-13(15)10(9)2)21(18,19)16-8-14(17)4-5-20-11(14)3/h6-7,11,16-17H,4-5,8,15H2,1-3H3. The highest BCUT2D eigenvalue weighted by Crippen LogP contribution is 2.26. The lowest BCUT2D eigenvalue weighted by atomic mass is 9.97. The number of aryl methyl sites for hydroxylation is 1. The summed E-state index contributed by atoms with van der Waals surface area (Å²) >= 11 is 0. The van der Waals surface area contributed by atoms with E-state index in [4.69, 9.17) is 10.5 Å². The van der Waals surface area contributed by atoms with Crippen molar-refractivity contribution in [3.05, 3.63) is 23.3 Å². The molecule has 2 unspecified atom stereocenters. The summed E-state index contributed by atoms with van der Waals surface area (Å²) in [6, 6.07) is 3.01. The van der Waals surface area contributed by atoms with Gasteiger partial charge in [0, 0.05) is 25.3 Å². The van der Waals surface area contributed by atoms with E-state index in [1.807, 2.05) is 13.8 Å². The maximum Gasteiger partial charge on any atom is 0.240 e. The van der Waals surface area contributed by atoms with Gasteiger partial charge in [0.15, 0.2) is 0 Å². The van der Waals surface area contributed by atoms with E-state index in [0.717, 1.165) is 11.1 Å². The molecule has 0 amide bonds. The minimum Gasteiger partial charge on any atom is -0.398 e. The van der Waals surface area contributed by atoms with Gasteiger partial charge in [-0.15, -0.1) is 0 Å². The number of nitrogens with one attached hydrogen (secondary N) is 1. The molecule has 1 aliphatic rings. The third-order valence-electron chi connectivity index (χ3n) is 4.22. The lowest BCUT2D eigenvalue weighted by molar-refractivity contribution is -0.0228. The highest BCUT2D eigenvalue weighted by molar-refractivity contribution is 7.89. The summed E-state index contributed by atoms with van der Waals surface area (Å²) in [7, 11) is -3.72. The van der Waals surface area contributed by atoms with Gasteiger partial charge >= 0.3 is 0 Å². The third-order valence-corrected chi connectivity index (χ3v) is 5.60. The monoisotopic (exact) mass is 314 g/mol. The molecule has 0 radical (unpaired) electrons. The van der Waals surface area contributed by atoms with Gasteiger partial charge < -0.3 is 15.6 Å². The Morgan fingerprint density at radius 3 is 2.67 bits per heavy atom. The SMILES string of the molecule is Cc1cc(S(=O)(=O)NCC2(O)CCOC2C)cc(N)c1C. The average molecular weight is 314 g/mol. The van der Waals surface area contributed by atoms with E-state index in [1.165, 1.54) is 6.07 Å². The first kappa shape index (κ1) is 16.2. The number of nitrogens with two attached hydrogens (primary N) is 1. The van der Waals surface area contributed by atoms with Gasteiger partial charge in [-0.2, -0.15) is 0 Å². The molecule has 0 bridgehead atoms. The topological polar surface area (TPSA) is 102 Å². The third kappa shape index (κ3) is 3.21. The van der Waals surface area contributed by atoms with Gasteiger partial charge in [0.25, 0.3) is 0 Å². The zero-order valence-corrected chi connectivity index (χ0v) is 13.3. The molecule has 7 heteroatoms. The average Bonchev–Trinajstić information content (AvgIpc) is 2.74. The van der Waals surface area contributed by atoms with E-state index in [-0.39, 0.29) is 11.4 Å². The van der Waals surface area contributed by atoms with Crippen LogP contribution in [0.4, 0.5) is 5.69 Å². The molecule has 1 heterocycles. The second-order valence-electron chi connectivity index (χ2n) is 5.65. The number of ether oxygens (including phenoxy) is 1. The van der Waals surface area contributed by atoms with Crippen molar-refractivity contribution in [1.29, 1.82) is 0 Å². The second-order valence-corrected chi connectivity index (χ2v) is 7.41. The summed E-state index contributed by atoms with van der Waals surface area (Å²) < 4.78 is 32.4. The Hall–Kier alpha value is -1.15. The molecule has 1 aliphatic heterocycles. The highest BCUT2D eigenvalue weighted by Gasteiger charge is 2.40. The quantitative estimate of drug-likeness (QED) is 0.710. The Morgan fingerprint density at radius 1 is 1.48 bits per heavy atom. The maximum atomic E-state index is 12.3. The fourth-order valence-corrected chi connectivity index (χ4v) is 3.53. The van der Waals surface area contributed by atoms with Crippen molar-refractivity contribution in [1.82, 2.24) is 4.72 Å². The van der Waals surface area contributed by atoms with Crippen LogP contribution >= 0.6 is 0 Å². The van der Waals surface area contributed by atoms with Gasteiger partial charge in [0.05, 0.1) is 11.0 Å². The molecule has 2 atom stereocenters. The molecule has 6 nitrogen and oxygen atoms in total. The van der Waals surface area contributed by atoms with Gasteiger partial charge in [-0.3, -0.25) is 0 Å². The Bertz CT molecular complexity index is 621. The lowest BCUT2D eigenvalue weighted by Gasteiger charge is -2.26. The zero-order chi connectivity index (χ0) is 15.8. The molecule has 0 saturated carbocycles. The Morgan fingerprint density at radius 2 is 2.14 bits per heavy atom. The molecule has 4 N–H and O–H groups in total. The molecule has 118 valence electrons. The molecule has 0 aromatic heterocycles. The predicted octanol–water partition coefficient (Wildman–Crippen LogP) is 0.704. The number of rotatable bonds is 4. The van der Waals surface area contributed by atoms with Crippen LogP contribution in [0.2, 0.25) is 0 Å². The van der Waals surface area contributed by atoms with Gasteiger partial charge in [0.1, 0.15) is 5.60 Å². The lowest BCUT2D eigenvalue weighted by Crippen LogP contribution is -2.47. The van der Waals surface area contributed by atoms with Crippen LogP contribution in [0.25, 0.3) is 0 Å². The largest absolute Gasteiger partial charge is 0.398 e. The zero-order valence-electron chi connectivity index (χ0n) is 12.5. The van der Waals surface area contributed by atoms with Crippen LogP contribution in [0.1, 0.15) is 24.5 Å². The summed E-state index contributed by atoms with van der Waals surface area (Å²) in [5.74, 6) is 0. The molecule has 1 aromatic carbocycles. The Kier molecular flexibility index (Phi) is 4.30. The van der Waals surface area contributed by atoms with Gasteiger partial charge in [-0.25, -0.2) is 13.1 Å². The first-order valence-corrected chi connectivity index (χ1v) is 8.34. The van der Waals surface area contributed by atoms with Crippen molar-refractivity contribution < 1.29 is 18.3 Å². The van der Waals surface area contributed by atoms with E-state index in [0.29, 0.717) is 18.7 Å². The minimum atomic E-state index is -3.72. The van der Waals surface area contributed by atoms with Crippen LogP contribution in [-0.2, 0) is 14.8 Å². The van der Waals surface area contributed by atoms with Crippen molar-refractivity contribution in [3.8, 4) is 0 Å². The molecule has 1 fully saturated rings. The molecule has 21 heavy (non-hydrogen) atoms. The fraction of sp³-hybridized carbons (Fsp3) is 0.571. The molecular formula is C14H22N2O4S. The Labute approximate surface area is 125 Å². The number of anilines is 1. The molecule has 0 spiro atoms. The number of hydrogen-bond acceptors (Lipinski definition) is 5. The van der Waals surface area contributed by atoms with Gasteiger partial charge in [0.2, 0.25) is 10.0 Å². The summed E-state index contributed by atoms with van der Waals surface area (Å²) in [5, 5.41) is 10.3. The minimum absolute atomic E-state index is 0.0800. The first-order chi connectivity index (χ1) is 9.66. The number of hydrogen-bond donors (Lipinski definition) is 3. The number of benzene rings is 1. The highest BCUT2D eigenvalue weighted by atomic mass is 32.2. The summed E-state index contributed by atoms with van der Waals surface area (Å²) in [5.41, 5.74) is 6.77. The summed E-state index contributed by atoms with van der Waals surface area (Å²) in [6.07, 6.45) is 0.0104. The van der Waals surface area contributed by atoms with E-state index >= 15 is 0 Å². The van der Waals surface area contributed by atoms with Crippen LogP contribution < -0.4 is 10.5 Å². The Balaban J connectivity index is 2.19. The van der Waals surface area contributed by atoms with Crippen LogP contribution in [0.15, 0.2) is 17.0 Å². The van der Waals surface area contributed by atoms with Crippen molar-refractivity contribution >= 4 is 15.7 Å². The predicted molar refractivity (Wildman–Crippen MR) is 80.5 cm³/mol. The first-order valence-electron chi connectivity index (χ1n) is 6.86. The van der Waals surface area contributed by atoms with Gasteiger partial charge in [-0.1, -0.05) is 0 Å². The second kappa shape index (κ2) is 5.57. The number of aliphatic hydroxyl groups is 1. The van der Waals surface area contributed by atoms with E-state index < -0.39 is 21.7 Å². The fourth-order valence-electron chi connectivity index (χ4n) is 2.31. The summed E-state index contributed by atoms with van der Waals surface area (Å²) in [4.78, 5) is 0.110. The molecule has 0 aliphatic carbocycles. The van der Waals surface area contributed by atoms with Crippen LogP contribution in [0.3, 0.4) is 0 Å². The van der Waals surface area contributed by atoms with Crippen molar-refractivity contribution in [2.24, 2.45) is 0 Å². The van der Waals surface area contributed by atoms with Crippen LogP contribution in [0, 0.1) is 13.8 Å². The molecule has 2 rings (SSSR count). The van der Waals surface area contributed by atoms with Crippen molar-refractivity contribution in [3.63, 3.8) is 0 Å². The van der Waals surface area contributed by atoms with E-state index in [1.54, 1.807) is 13.0 Å². The van der Waals surface area contributed by atoms with Crippen LogP contribution in [0.5, 0.6) is 0 Å². The number of sulfonamides is 1. The normalized spacial score (nSPS) is 26.2. The molecule has 1 aromatic rings. The summed E-state index contributed by atoms with van der Waals surface area (Å²) in [6.45, 7) is 5.73. The molecular weight excluding hydrogens is 292 g/mol. The molecule has 1 saturated heterocycles. The smallest absolute Gasteiger partial charge is 0.240 e. The van der Waals surface area contributed by atoms with Crippen molar-refractivity contribution in [2.45, 2.75) is 43.8 Å². The van der Waals surface area contributed by atoms with E-state index in [9.17, 15) is 13.5 Å². The maximum absolute atomic E-state index is 12.3. The van der Waals surface area contributed by atoms with Crippen molar-refractivity contribution in [2.75, 3.05) is 18.9 Å². The van der Waals surface area contributed by atoms with Crippen LogP contribution in [-0.4, -0.2) is 38.4 Å².